The average Bonchev–Trinajstić information content (AvgIpc) is 3.28. The standard InChI is InChI=1S/C21H33N5O2/c1-2-21(26-5-9-28-10-6-26)24-23-20(1)22-19-11-17-14-25(15-18(17)12-19)13-16-3-7-27-8-4-16/h1-2,16-19H,3-15H2,(H,22,23)/t17-,18-/m1/s1. The van der Waals surface area contributed by atoms with Crippen LogP contribution >= 0.6 is 0 Å². The van der Waals surface area contributed by atoms with Crippen LogP contribution in [0.1, 0.15) is 25.7 Å². The molecule has 3 saturated heterocycles. The molecule has 7 heteroatoms. The van der Waals surface area contributed by atoms with Crippen molar-refractivity contribution in [2.75, 3.05) is 69.4 Å². The minimum absolute atomic E-state index is 0.545. The Morgan fingerprint density at radius 2 is 1.64 bits per heavy atom. The second-order valence-electron chi connectivity index (χ2n) is 8.98. The third-order valence-corrected chi connectivity index (χ3v) is 7.02. The monoisotopic (exact) mass is 387 g/mol. The quantitative estimate of drug-likeness (QED) is 0.827. The molecule has 0 radical (unpaired) electrons. The lowest BCUT2D eigenvalue weighted by atomic mass is 10.00. The molecule has 0 spiro atoms. The SMILES string of the molecule is c1cc(N2CCOCC2)nnc1NC1C[C@@H]2CN(CC3CCOCC3)C[C@H]2C1. The Morgan fingerprint density at radius 1 is 0.929 bits per heavy atom. The zero-order valence-electron chi connectivity index (χ0n) is 16.8. The van der Waals surface area contributed by atoms with Crippen molar-refractivity contribution in [3.05, 3.63) is 12.1 Å². The van der Waals surface area contributed by atoms with Gasteiger partial charge in [-0.1, -0.05) is 0 Å². The molecule has 154 valence electrons. The maximum absolute atomic E-state index is 5.51. The van der Waals surface area contributed by atoms with Crippen molar-refractivity contribution in [2.24, 2.45) is 17.8 Å². The predicted molar refractivity (Wildman–Crippen MR) is 109 cm³/mol. The molecule has 0 aromatic carbocycles. The minimum Gasteiger partial charge on any atom is -0.381 e. The number of likely N-dealkylation sites (tertiary alicyclic amines) is 1. The molecule has 1 aromatic heterocycles. The molecule has 0 amide bonds. The summed E-state index contributed by atoms with van der Waals surface area (Å²) in [6.07, 6.45) is 5.02. The summed E-state index contributed by atoms with van der Waals surface area (Å²) >= 11 is 0. The Balaban J connectivity index is 1.09. The lowest BCUT2D eigenvalue weighted by molar-refractivity contribution is 0.0545. The van der Waals surface area contributed by atoms with Crippen LogP contribution in [0.25, 0.3) is 0 Å². The molecule has 1 saturated carbocycles. The molecule has 7 nitrogen and oxygen atoms in total. The minimum atomic E-state index is 0.545. The second kappa shape index (κ2) is 8.51. The van der Waals surface area contributed by atoms with Crippen LogP contribution in [0.15, 0.2) is 12.1 Å². The summed E-state index contributed by atoms with van der Waals surface area (Å²) in [7, 11) is 0. The first-order valence-electron chi connectivity index (χ1n) is 11.1. The van der Waals surface area contributed by atoms with Gasteiger partial charge >= 0.3 is 0 Å². The molecular weight excluding hydrogens is 354 g/mol. The van der Waals surface area contributed by atoms with Crippen LogP contribution < -0.4 is 10.2 Å². The number of ether oxygens (including phenoxy) is 2. The number of aromatic nitrogens is 2. The zero-order valence-corrected chi connectivity index (χ0v) is 16.8. The van der Waals surface area contributed by atoms with Gasteiger partial charge < -0.3 is 24.6 Å². The maximum Gasteiger partial charge on any atom is 0.151 e. The molecule has 5 rings (SSSR count). The third-order valence-electron chi connectivity index (χ3n) is 7.02. The van der Waals surface area contributed by atoms with Crippen LogP contribution in [-0.4, -0.2) is 80.3 Å². The van der Waals surface area contributed by atoms with E-state index in [0.717, 1.165) is 68.9 Å². The molecule has 1 aromatic rings. The molecule has 1 aliphatic carbocycles. The third kappa shape index (κ3) is 4.26. The van der Waals surface area contributed by atoms with Crippen LogP contribution in [0.5, 0.6) is 0 Å². The van der Waals surface area contributed by atoms with Gasteiger partial charge in [0.25, 0.3) is 0 Å². The van der Waals surface area contributed by atoms with Gasteiger partial charge in [0.15, 0.2) is 5.82 Å². The second-order valence-corrected chi connectivity index (χ2v) is 8.98. The van der Waals surface area contributed by atoms with Crippen molar-refractivity contribution in [3.8, 4) is 0 Å². The van der Waals surface area contributed by atoms with E-state index in [0.29, 0.717) is 6.04 Å². The molecule has 0 bridgehead atoms. The van der Waals surface area contributed by atoms with Gasteiger partial charge in [0.1, 0.15) is 5.82 Å². The summed E-state index contributed by atoms with van der Waals surface area (Å²) in [6, 6.07) is 4.72. The summed E-state index contributed by atoms with van der Waals surface area (Å²) < 4.78 is 10.9. The predicted octanol–water partition coefficient (Wildman–Crippen LogP) is 1.86. The topological polar surface area (TPSA) is 62.8 Å². The van der Waals surface area contributed by atoms with E-state index in [4.69, 9.17) is 9.47 Å². The lowest BCUT2D eigenvalue weighted by Gasteiger charge is -2.28. The summed E-state index contributed by atoms with van der Waals surface area (Å²) in [5.41, 5.74) is 0. The number of hydrogen-bond acceptors (Lipinski definition) is 7. The fourth-order valence-corrected chi connectivity index (χ4v) is 5.53. The lowest BCUT2D eigenvalue weighted by Crippen LogP contribution is -2.36. The van der Waals surface area contributed by atoms with Gasteiger partial charge in [-0.15, -0.1) is 10.2 Å². The highest BCUT2D eigenvalue weighted by atomic mass is 16.5. The Morgan fingerprint density at radius 3 is 2.32 bits per heavy atom. The molecule has 1 N–H and O–H groups in total. The number of nitrogens with one attached hydrogen (secondary N) is 1. The number of nitrogens with zero attached hydrogens (tertiary/aromatic N) is 4. The largest absolute Gasteiger partial charge is 0.381 e. The van der Waals surface area contributed by atoms with Crippen molar-refractivity contribution in [3.63, 3.8) is 0 Å². The normalized spacial score (nSPS) is 29.9. The summed E-state index contributed by atoms with van der Waals surface area (Å²) in [5, 5.41) is 12.5. The maximum atomic E-state index is 5.51. The number of fused-ring (bicyclic) bond motifs is 1. The molecule has 2 atom stereocenters. The first kappa shape index (κ1) is 18.6. The highest BCUT2D eigenvalue weighted by molar-refractivity contribution is 5.44. The van der Waals surface area contributed by atoms with E-state index in [1.807, 2.05) is 0 Å². The van der Waals surface area contributed by atoms with Gasteiger partial charge in [-0.25, -0.2) is 0 Å². The van der Waals surface area contributed by atoms with E-state index in [-0.39, 0.29) is 0 Å². The Hall–Kier alpha value is -1.44. The number of hydrogen-bond donors (Lipinski definition) is 1. The van der Waals surface area contributed by atoms with E-state index < -0.39 is 0 Å². The van der Waals surface area contributed by atoms with E-state index >= 15 is 0 Å². The highest BCUT2D eigenvalue weighted by Gasteiger charge is 2.41. The first-order valence-corrected chi connectivity index (χ1v) is 11.1. The van der Waals surface area contributed by atoms with Crippen LogP contribution in [0.4, 0.5) is 11.6 Å². The van der Waals surface area contributed by atoms with Gasteiger partial charge in [-0.05, 0) is 55.6 Å². The number of morpholine rings is 1. The summed E-state index contributed by atoms with van der Waals surface area (Å²) in [4.78, 5) is 4.96. The number of rotatable bonds is 5. The average molecular weight is 388 g/mol. The molecule has 4 aliphatic rings. The molecular formula is C21H33N5O2. The van der Waals surface area contributed by atoms with Crippen LogP contribution in [0.2, 0.25) is 0 Å². The van der Waals surface area contributed by atoms with E-state index in [1.54, 1.807) is 0 Å². The molecule has 0 unspecified atom stereocenters. The van der Waals surface area contributed by atoms with Gasteiger partial charge in [-0.3, -0.25) is 0 Å². The fourth-order valence-electron chi connectivity index (χ4n) is 5.53. The molecule has 4 heterocycles. The van der Waals surface area contributed by atoms with E-state index in [1.165, 1.54) is 45.3 Å². The Kier molecular flexibility index (Phi) is 5.65. The van der Waals surface area contributed by atoms with Gasteiger partial charge in [0.05, 0.1) is 13.2 Å². The number of anilines is 2. The van der Waals surface area contributed by atoms with Gasteiger partial charge in [0.2, 0.25) is 0 Å². The van der Waals surface area contributed by atoms with Crippen LogP contribution in [0.3, 0.4) is 0 Å². The van der Waals surface area contributed by atoms with E-state index in [2.05, 4.69) is 37.4 Å². The smallest absolute Gasteiger partial charge is 0.151 e. The highest BCUT2D eigenvalue weighted by Crippen LogP contribution is 2.39. The molecule has 3 aliphatic heterocycles. The fraction of sp³-hybridized carbons (Fsp3) is 0.810. The molecule has 28 heavy (non-hydrogen) atoms. The Labute approximate surface area is 167 Å². The molecule has 4 fully saturated rings. The van der Waals surface area contributed by atoms with E-state index in [9.17, 15) is 0 Å². The van der Waals surface area contributed by atoms with Gasteiger partial charge in [0, 0.05) is 52.0 Å². The van der Waals surface area contributed by atoms with Crippen molar-refractivity contribution < 1.29 is 9.47 Å². The Bertz CT molecular complexity index is 616. The van der Waals surface area contributed by atoms with Crippen LogP contribution in [0, 0.1) is 17.8 Å². The van der Waals surface area contributed by atoms with Gasteiger partial charge in [-0.2, -0.15) is 0 Å². The van der Waals surface area contributed by atoms with Crippen LogP contribution in [-0.2, 0) is 9.47 Å². The van der Waals surface area contributed by atoms with Crippen molar-refractivity contribution in [2.45, 2.75) is 31.7 Å². The zero-order chi connectivity index (χ0) is 18.8. The summed E-state index contributed by atoms with van der Waals surface area (Å²) in [5.74, 6) is 4.42. The first-order chi connectivity index (χ1) is 13.8. The van der Waals surface area contributed by atoms with Crippen molar-refractivity contribution >= 4 is 11.6 Å². The van der Waals surface area contributed by atoms with Crippen molar-refractivity contribution in [1.82, 2.24) is 15.1 Å². The summed E-state index contributed by atoms with van der Waals surface area (Å²) in [6.45, 7) is 9.11. The van der Waals surface area contributed by atoms with Crippen molar-refractivity contribution in [1.29, 1.82) is 0 Å².